The maximum atomic E-state index is 12.0. The Morgan fingerprint density at radius 2 is 2.00 bits per heavy atom. The van der Waals surface area contributed by atoms with E-state index < -0.39 is 0 Å². The number of nitrogen functional groups attached to an aromatic ring is 1. The first kappa shape index (κ1) is 12.4. The summed E-state index contributed by atoms with van der Waals surface area (Å²) in [5.41, 5.74) is 7.06. The molecule has 5 heteroatoms. The molecule has 0 radical (unpaired) electrons. The van der Waals surface area contributed by atoms with Gasteiger partial charge in [0.25, 0.3) is 5.91 Å². The molecule has 0 atom stereocenters. The Hall–Kier alpha value is -2.01. The van der Waals surface area contributed by atoms with E-state index in [9.17, 15) is 9.90 Å². The largest absolute Gasteiger partial charge is 0.508 e. The van der Waals surface area contributed by atoms with Gasteiger partial charge in [0, 0.05) is 21.9 Å². The molecule has 4 N–H and O–H groups in total. The van der Waals surface area contributed by atoms with Crippen molar-refractivity contribution in [2.75, 3.05) is 11.1 Å². The third-order valence-electron chi connectivity index (χ3n) is 2.36. The number of rotatable bonds is 2. The van der Waals surface area contributed by atoms with E-state index in [2.05, 4.69) is 21.2 Å². The van der Waals surface area contributed by atoms with Crippen molar-refractivity contribution in [3.63, 3.8) is 0 Å². The molecular formula is C13H11BrN2O2. The number of aromatic hydroxyl groups is 1. The highest BCUT2D eigenvalue weighted by Gasteiger charge is 2.10. The Balaban J connectivity index is 2.22. The molecule has 0 aromatic heterocycles. The lowest BCUT2D eigenvalue weighted by molar-refractivity contribution is 0.102. The average Bonchev–Trinajstić information content (AvgIpc) is 2.28. The number of phenols is 1. The monoisotopic (exact) mass is 306 g/mol. The minimum Gasteiger partial charge on any atom is -0.508 e. The standard InChI is InChI=1S/C13H11BrN2O2/c14-8-4-5-11(12(15)6-8)13(18)16-9-2-1-3-10(17)7-9/h1-7,17H,15H2,(H,16,18). The fraction of sp³-hybridized carbons (Fsp3) is 0. The van der Waals surface area contributed by atoms with Crippen LogP contribution in [0.2, 0.25) is 0 Å². The number of halogens is 1. The number of hydrogen-bond donors (Lipinski definition) is 3. The minimum atomic E-state index is -0.314. The molecule has 92 valence electrons. The number of benzene rings is 2. The van der Waals surface area contributed by atoms with Crippen LogP contribution in [0.15, 0.2) is 46.9 Å². The number of amides is 1. The molecule has 0 spiro atoms. The van der Waals surface area contributed by atoms with Crippen LogP contribution in [-0.4, -0.2) is 11.0 Å². The second-order valence-corrected chi connectivity index (χ2v) is 4.65. The molecule has 0 heterocycles. The quantitative estimate of drug-likeness (QED) is 0.747. The van der Waals surface area contributed by atoms with Crippen LogP contribution in [0.4, 0.5) is 11.4 Å². The number of hydrogen-bond acceptors (Lipinski definition) is 3. The summed E-state index contributed by atoms with van der Waals surface area (Å²) in [5, 5.41) is 12.0. The van der Waals surface area contributed by atoms with E-state index >= 15 is 0 Å². The van der Waals surface area contributed by atoms with E-state index in [-0.39, 0.29) is 11.7 Å². The van der Waals surface area contributed by atoms with Gasteiger partial charge in [-0.1, -0.05) is 22.0 Å². The number of anilines is 2. The van der Waals surface area contributed by atoms with Crippen LogP contribution >= 0.6 is 15.9 Å². The van der Waals surface area contributed by atoms with Gasteiger partial charge in [-0.2, -0.15) is 0 Å². The SMILES string of the molecule is Nc1cc(Br)ccc1C(=O)Nc1cccc(O)c1. The van der Waals surface area contributed by atoms with Crippen LogP contribution in [0.25, 0.3) is 0 Å². The fourth-order valence-electron chi connectivity index (χ4n) is 1.52. The highest BCUT2D eigenvalue weighted by atomic mass is 79.9. The first-order valence-corrected chi connectivity index (χ1v) is 6.01. The molecular weight excluding hydrogens is 296 g/mol. The Bertz CT molecular complexity index is 599. The summed E-state index contributed by atoms with van der Waals surface area (Å²) in [6.45, 7) is 0. The van der Waals surface area contributed by atoms with Crippen LogP contribution in [0.5, 0.6) is 5.75 Å². The van der Waals surface area contributed by atoms with Gasteiger partial charge in [-0.05, 0) is 30.3 Å². The third-order valence-corrected chi connectivity index (χ3v) is 2.86. The van der Waals surface area contributed by atoms with E-state index in [1.807, 2.05) is 0 Å². The molecule has 18 heavy (non-hydrogen) atoms. The second kappa shape index (κ2) is 5.10. The predicted molar refractivity (Wildman–Crippen MR) is 74.6 cm³/mol. The van der Waals surface area contributed by atoms with Crippen molar-refractivity contribution in [1.29, 1.82) is 0 Å². The average molecular weight is 307 g/mol. The fourth-order valence-corrected chi connectivity index (χ4v) is 1.90. The molecule has 0 saturated heterocycles. The van der Waals surface area contributed by atoms with Crippen molar-refractivity contribution in [2.24, 2.45) is 0 Å². The molecule has 0 aliphatic rings. The Kier molecular flexibility index (Phi) is 3.53. The van der Waals surface area contributed by atoms with Gasteiger partial charge < -0.3 is 16.2 Å². The maximum absolute atomic E-state index is 12.0. The van der Waals surface area contributed by atoms with Crippen molar-refractivity contribution in [3.8, 4) is 5.75 Å². The zero-order chi connectivity index (χ0) is 13.1. The molecule has 0 aliphatic heterocycles. The lowest BCUT2D eigenvalue weighted by Gasteiger charge is -2.08. The van der Waals surface area contributed by atoms with Crippen molar-refractivity contribution >= 4 is 33.2 Å². The first-order chi connectivity index (χ1) is 8.56. The number of nitrogens with one attached hydrogen (secondary N) is 1. The molecule has 2 aromatic rings. The van der Waals surface area contributed by atoms with Gasteiger partial charge in [0.05, 0.1) is 5.56 Å². The molecule has 0 aliphatic carbocycles. The summed E-state index contributed by atoms with van der Waals surface area (Å²) < 4.78 is 0.814. The van der Waals surface area contributed by atoms with Gasteiger partial charge in [0.2, 0.25) is 0 Å². The van der Waals surface area contributed by atoms with Crippen molar-refractivity contribution < 1.29 is 9.90 Å². The number of phenolic OH excluding ortho intramolecular Hbond substituents is 1. The van der Waals surface area contributed by atoms with E-state index in [1.165, 1.54) is 12.1 Å². The lowest BCUT2D eigenvalue weighted by atomic mass is 10.1. The maximum Gasteiger partial charge on any atom is 0.257 e. The summed E-state index contributed by atoms with van der Waals surface area (Å²) in [7, 11) is 0. The van der Waals surface area contributed by atoms with Gasteiger partial charge in [-0.25, -0.2) is 0 Å². The van der Waals surface area contributed by atoms with Crippen molar-refractivity contribution in [3.05, 3.63) is 52.5 Å². The molecule has 4 nitrogen and oxygen atoms in total. The second-order valence-electron chi connectivity index (χ2n) is 3.74. The zero-order valence-electron chi connectivity index (χ0n) is 9.35. The summed E-state index contributed by atoms with van der Waals surface area (Å²) in [4.78, 5) is 12.0. The first-order valence-electron chi connectivity index (χ1n) is 5.21. The van der Waals surface area contributed by atoms with Crippen LogP contribution in [0, 0.1) is 0 Å². The minimum absolute atomic E-state index is 0.0941. The van der Waals surface area contributed by atoms with Gasteiger partial charge >= 0.3 is 0 Å². The van der Waals surface area contributed by atoms with Crippen molar-refractivity contribution in [1.82, 2.24) is 0 Å². The highest BCUT2D eigenvalue weighted by molar-refractivity contribution is 9.10. The van der Waals surface area contributed by atoms with Crippen LogP contribution < -0.4 is 11.1 Å². The topological polar surface area (TPSA) is 75.4 Å². The summed E-state index contributed by atoms with van der Waals surface area (Å²) >= 11 is 3.28. The molecule has 0 bridgehead atoms. The number of carbonyl (C=O) groups excluding carboxylic acids is 1. The molecule has 2 rings (SSSR count). The Labute approximate surface area is 113 Å². The molecule has 1 amide bonds. The summed E-state index contributed by atoms with van der Waals surface area (Å²) in [6, 6.07) is 11.4. The van der Waals surface area contributed by atoms with Gasteiger partial charge in [-0.3, -0.25) is 4.79 Å². The number of nitrogens with two attached hydrogens (primary N) is 1. The number of carbonyl (C=O) groups is 1. The smallest absolute Gasteiger partial charge is 0.257 e. The predicted octanol–water partition coefficient (Wildman–Crippen LogP) is 2.99. The van der Waals surface area contributed by atoms with Gasteiger partial charge in [-0.15, -0.1) is 0 Å². The van der Waals surface area contributed by atoms with E-state index in [1.54, 1.807) is 30.3 Å². The van der Waals surface area contributed by atoms with Crippen LogP contribution in [-0.2, 0) is 0 Å². The molecule has 2 aromatic carbocycles. The Morgan fingerprint density at radius 1 is 1.22 bits per heavy atom. The van der Waals surface area contributed by atoms with E-state index in [0.717, 1.165) is 4.47 Å². The van der Waals surface area contributed by atoms with Gasteiger partial charge in [0.1, 0.15) is 5.75 Å². The van der Waals surface area contributed by atoms with E-state index in [0.29, 0.717) is 16.9 Å². The molecule has 0 saturated carbocycles. The third kappa shape index (κ3) is 2.81. The Morgan fingerprint density at radius 3 is 2.67 bits per heavy atom. The summed E-state index contributed by atoms with van der Waals surface area (Å²) in [5.74, 6) is -0.220. The van der Waals surface area contributed by atoms with E-state index in [4.69, 9.17) is 5.73 Å². The molecule has 0 fully saturated rings. The zero-order valence-corrected chi connectivity index (χ0v) is 10.9. The molecule has 0 unspecified atom stereocenters. The summed E-state index contributed by atoms with van der Waals surface area (Å²) in [6.07, 6.45) is 0. The van der Waals surface area contributed by atoms with Crippen molar-refractivity contribution in [2.45, 2.75) is 0 Å². The highest BCUT2D eigenvalue weighted by Crippen LogP contribution is 2.21. The lowest BCUT2D eigenvalue weighted by Crippen LogP contribution is -2.13. The normalized spacial score (nSPS) is 10.1. The van der Waals surface area contributed by atoms with Crippen LogP contribution in [0.1, 0.15) is 10.4 Å². The van der Waals surface area contributed by atoms with Crippen LogP contribution in [0.3, 0.4) is 0 Å². The van der Waals surface area contributed by atoms with Gasteiger partial charge in [0.15, 0.2) is 0 Å².